The smallest absolute Gasteiger partial charge is 0.215 e. The lowest BCUT2D eigenvalue weighted by Gasteiger charge is -2.47. The van der Waals surface area contributed by atoms with Crippen molar-refractivity contribution < 1.29 is 8.42 Å². The first-order chi connectivity index (χ1) is 9.33. The molecular formula is C14H23N3O2S. The van der Waals surface area contributed by atoms with E-state index in [9.17, 15) is 8.42 Å². The largest absolute Gasteiger partial charge is 0.399 e. The van der Waals surface area contributed by atoms with Gasteiger partial charge in [-0.05, 0) is 51.1 Å². The van der Waals surface area contributed by atoms with Crippen molar-refractivity contribution in [1.82, 2.24) is 9.62 Å². The maximum atomic E-state index is 12.1. The molecule has 0 aliphatic heterocycles. The molecule has 0 unspecified atom stereocenters. The van der Waals surface area contributed by atoms with Crippen LogP contribution >= 0.6 is 0 Å². The second-order valence-corrected chi connectivity index (χ2v) is 7.60. The molecule has 112 valence electrons. The number of nitrogen functional groups attached to an aromatic ring is 1. The van der Waals surface area contributed by atoms with Crippen LogP contribution in [0.4, 0.5) is 5.69 Å². The molecular weight excluding hydrogens is 274 g/mol. The van der Waals surface area contributed by atoms with E-state index in [1.165, 1.54) is 0 Å². The summed E-state index contributed by atoms with van der Waals surface area (Å²) >= 11 is 0. The number of hydrogen-bond acceptors (Lipinski definition) is 4. The van der Waals surface area contributed by atoms with Crippen molar-refractivity contribution >= 4 is 15.7 Å². The molecule has 5 nitrogen and oxygen atoms in total. The van der Waals surface area contributed by atoms with E-state index in [-0.39, 0.29) is 11.3 Å². The van der Waals surface area contributed by atoms with E-state index in [2.05, 4.69) is 9.62 Å². The van der Waals surface area contributed by atoms with Crippen molar-refractivity contribution in [2.45, 2.75) is 30.6 Å². The van der Waals surface area contributed by atoms with Gasteiger partial charge in [0.15, 0.2) is 0 Å². The highest BCUT2D eigenvalue weighted by Crippen LogP contribution is 2.35. The van der Waals surface area contributed by atoms with Crippen molar-refractivity contribution in [2.24, 2.45) is 0 Å². The first kappa shape index (κ1) is 15.3. The highest BCUT2D eigenvalue weighted by Gasteiger charge is 2.39. The van der Waals surface area contributed by atoms with E-state index in [1.54, 1.807) is 24.3 Å². The zero-order valence-electron chi connectivity index (χ0n) is 12.1. The normalized spacial score (nSPS) is 17.9. The van der Waals surface area contributed by atoms with Crippen molar-refractivity contribution in [3.8, 4) is 0 Å². The molecule has 0 aromatic heterocycles. The molecule has 1 aliphatic rings. The van der Waals surface area contributed by atoms with E-state index in [0.717, 1.165) is 24.8 Å². The molecule has 1 aliphatic carbocycles. The Hall–Kier alpha value is -1.11. The van der Waals surface area contributed by atoms with Crippen LogP contribution in [0.3, 0.4) is 0 Å². The Morgan fingerprint density at radius 3 is 2.30 bits per heavy atom. The van der Waals surface area contributed by atoms with Crippen LogP contribution in [0.25, 0.3) is 0 Å². The van der Waals surface area contributed by atoms with Gasteiger partial charge >= 0.3 is 0 Å². The van der Waals surface area contributed by atoms with E-state index < -0.39 is 10.0 Å². The van der Waals surface area contributed by atoms with Gasteiger partial charge in [0.1, 0.15) is 0 Å². The van der Waals surface area contributed by atoms with Crippen LogP contribution < -0.4 is 10.5 Å². The van der Waals surface area contributed by atoms with Crippen LogP contribution in [0.5, 0.6) is 0 Å². The third kappa shape index (κ3) is 3.50. The van der Waals surface area contributed by atoms with E-state index in [0.29, 0.717) is 12.2 Å². The number of sulfonamides is 1. The van der Waals surface area contributed by atoms with E-state index in [4.69, 9.17) is 5.73 Å². The van der Waals surface area contributed by atoms with Crippen molar-refractivity contribution in [3.05, 3.63) is 29.8 Å². The second-order valence-electron chi connectivity index (χ2n) is 5.79. The Balaban J connectivity index is 1.96. The molecule has 0 saturated heterocycles. The zero-order valence-corrected chi connectivity index (χ0v) is 12.9. The van der Waals surface area contributed by atoms with Gasteiger partial charge < -0.3 is 10.6 Å². The predicted octanol–water partition coefficient (Wildman–Crippen LogP) is 1.17. The molecule has 1 aromatic carbocycles. The first-order valence-electron chi connectivity index (χ1n) is 6.82. The molecule has 1 aromatic rings. The van der Waals surface area contributed by atoms with Gasteiger partial charge in [0.05, 0.1) is 5.75 Å². The minimum Gasteiger partial charge on any atom is -0.399 e. The maximum Gasteiger partial charge on any atom is 0.215 e. The Morgan fingerprint density at radius 2 is 1.85 bits per heavy atom. The highest BCUT2D eigenvalue weighted by molar-refractivity contribution is 7.88. The summed E-state index contributed by atoms with van der Waals surface area (Å²) in [4.78, 5) is 2.13. The summed E-state index contributed by atoms with van der Waals surface area (Å²) in [5, 5.41) is 0. The Kier molecular flexibility index (Phi) is 4.36. The average molecular weight is 297 g/mol. The van der Waals surface area contributed by atoms with Gasteiger partial charge in [0.25, 0.3) is 0 Å². The molecule has 6 heteroatoms. The number of likely N-dealkylation sites (N-methyl/N-ethyl adjacent to an activating group) is 1. The van der Waals surface area contributed by atoms with Crippen molar-refractivity contribution in [3.63, 3.8) is 0 Å². The number of anilines is 1. The van der Waals surface area contributed by atoms with Crippen LogP contribution in [0, 0.1) is 0 Å². The standard InChI is InChI=1S/C14H23N3O2S/c1-17(2)14(8-3-9-14)11-16-20(18,19)10-12-4-6-13(15)7-5-12/h4-7,16H,3,8-11,15H2,1-2H3. The minimum absolute atomic E-state index is 0.00319. The summed E-state index contributed by atoms with van der Waals surface area (Å²) in [5.41, 5.74) is 6.98. The molecule has 0 amide bonds. The fraction of sp³-hybridized carbons (Fsp3) is 0.571. The fourth-order valence-corrected chi connectivity index (χ4v) is 3.72. The molecule has 1 fully saturated rings. The third-order valence-corrected chi connectivity index (χ3v) is 5.49. The molecule has 1 saturated carbocycles. The SMILES string of the molecule is CN(C)C1(CNS(=O)(=O)Cc2ccc(N)cc2)CCC1. The van der Waals surface area contributed by atoms with E-state index in [1.807, 2.05) is 14.1 Å². The number of nitrogens with one attached hydrogen (secondary N) is 1. The first-order valence-corrected chi connectivity index (χ1v) is 8.47. The molecule has 0 radical (unpaired) electrons. The fourth-order valence-electron chi connectivity index (χ4n) is 2.50. The van der Waals surface area contributed by atoms with Crippen LogP contribution in [-0.2, 0) is 15.8 Å². The van der Waals surface area contributed by atoms with Crippen LogP contribution in [-0.4, -0.2) is 39.5 Å². The van der Waals surface area contributed by atoms with Crippen molar-refractivity contribution in [2.75, 3.05) is 26.4 Å². The van der Waals surface area contributed by atoms with Gasteiger partial charge in [0, 0.05) is 17.8 Å². The van der Waals surface area contributed by atoms with E-state index >= 15 is 0 Å². The van der Waals surface area contributed by atoms with Crippen LogP contribution in [0.15, 0.2) is 24.3 Å². The van der Waals surface area contributed by atoms with Crippen LogP contribution in [0.2, 0.25) is 0 Å². The summed E-state index contributed by atoms with van der Waals surface area (Å²) in [6, 6.07) is 6.94. The molecule has 0 heterocycles. The quantitative estimate of drug-likeness (QED) is 0.773. The van der Waals surface area contributed by atoms with Gasteiger partial charge in [-0.3, -0.25) is 0 Å². The number of nitrogens with two attached hydrogens (primary N) is 1. The Labute approximate surface area is 121 Å². The molecule has 0 bridgehead atoms. The average Bonchev–Trinajstić information content (AvgIpc) is 2.30. The molecule has 0 atom stereocenters. The summed E-state index contributed by atoms with van der Waals surface area (Å²) in [7, 11) is 0.707. The Bertz CT molecular complexity index is 548. The Morgan fingerprint density at radius 1 is 1.25 bits per heavy atom. The van der Waals surface area contributed by atoms with Gasteiger partial charge in [-0.2, -0.15) is 0 Å². The van der Waals surface area contributed by atoms with Gasteiger partial charge in [-0.15, -0.1) is 0 Å². The lowest BCUT2D eigenvalue weighted by Crippen LogP contribution is -2.57. The highest BCUT2D eigenvalue weighted by atomic mass is 32.2. The monoisotopic (exact) mass is 297 g/mol. The number of benzene rings is 1. The maximum absolute atomic E-state index is 12.1. The number of nitrogens with zero attached hydrogens (tertiary/aromatic N) is 1. The molecule has 3 N–H and O–H groups in total. The number of rotatable bonds is 6. The summed E-state index contributed by atoms with van der Waals surface area (Å²) in [5.74, 6) is -0.00319. The zero-order chi connectivity index (χ0) is 14.8. The minimum atomic E-state index is -3.31. The predicted molar refractivity (Wildman–Crippen MR) is 81.7 cm³/mol. The summed E-state index contributed by atoms with van der Waals surface area (Å²) < 4.78 is 27.0. The second kappa shape index (κ2) is 5.71. The molecule has 0 spiro atoms. The van der Waals surface area contributed by atoms with Gasteiger partial charge in [-0.1, -0.05) is 12.1 Å². The number of hydrogen-bond donors (Lipinski definition) is 2. The topological polar surface area (TPSA) is 75.4 Å². The molecule has 2 rings (SSSR count). The van der Waals surface area contributed by atoms with Crippen molar-refractivity contribution in [1.29, 1.82) is 0 Å². The summed E-state index contributed by atoms with van der Waals surface area (Å²) in [6.07, 6.45) is 3.26. The lowest BCUT2D eigenvalue weighted by atomic mass is 9.76. The third-order valence-electron chi connectivity index (χ3n) is 4.19. The van der Waals surface area contributed by atoms with Crippen LogP contribution in [0.1, 0.15) is 24.8 Å². The van der Waals surface area contributed by atoms with Gasteiger partial charge in [-0.25, -0.2) is 13.1 Å². The van der Waals surface area contributed by atoms with Gasteiger partial charge in [0.2, 0.25) is 10.0 Å². The lowest BCUT2D eigenvalue weighted by molar-refractivity contribution is 0.0656. The summed E-state index contributed by atoms with van der Waals surface area (Å²) in [6.45, 7) is 0.483. The molecule has 20 heavy (non-hydrogen) atoms.